The van der Waals surface area contributed by atoms with Crippen LogP contribution in [0.1, 0.15) is 42.1 Å². The molecule has 0 spiro atoms. The Morgan fingerprint density at radius 3 is 2.80 bits per heavy atom. The van der Waals surface area contributed by atoms with Crippen LogP contribution in [0.5, 0.6) is 0 Å². The summed E-state index contributed by atoms with van der Waals surface area (Å²) in [5, 5.41) is 13.0. The van der Waals surface area contributed by atoms with Crippen molar-refractivity contribution in [2.45, 2.75) is 32.7 Å². The van der Waals surface area contributed by atoms with Crippen LogP contribution in [-0.4, -0.2) is 38.9 Å². The van der Waals surface area contributed by atoms with Crippen molar-refractivity contribution in [2.24, 2.45) is 0 Å². The number of amides is 1. The smallest absolute Gasteiger partial charge is 0.256 e. The van der Waals surface area contributed by atoms with Crippen molar-refractivity contribution in [3.8, 4) is 0 Å². The molecule has 6 nitrogen and oxygen atoms in total. The highest BCUT2D eigenvalue weighted by Gasteiger charge is 2.15. The summed E-state index contributed by atoms with van der Waals surface area (Å²) in [6.45, 7) is 4.57. The Balaban J connectivity index is 1.51. The maximum Gasteiger partial charge on any atom is 0.256 e. The van der Waals surface area contributed by atoms with Crippen LogP contribution in [0.15, 0.2) is 72.8 Å². The van der Waals surface area contributed by atoms with Gasteiger partial charge in [0.15, 0.2) is 0 Å². The van der Waals surface area contributed by atoms with Crippen LogP contribution < -0.4 is 5.32 Å². The third-order valence-electron chi connectivity index (χ3n) is 5.35. The average Bonchev–Trinajstić information content (AvgIpc) is 3.27. The molecule has 0 aliphatic carbocycles. The molecule has 0 radical (unpaired) electrons. The van der Waals surface area contributed by atoms with Crippen LogP contribution in [0, 0.1) is 0 Å². The Hall–Kier alpha value is -3.41. The zero-order valence-electron chi connectivity index (χ0n) is 17.3. The molecule has 0 bridgehead atoms. The number of carbonyl (C=O) groups excluding carboxylic acids is 1. The fraction of sp³-hybridized carbons (Fsp3) is 0.292. The summed E-state index contributed by atoms with van der Waals surface area (Å²) in [7, 11) is 0. The molecule has 1 aromatic heterocycles. The fourth-order valence-corrected chi connectivity index (χ4v) is 3.81. The zero-order valence-corrected chi connectivity index (χ0v) is 17.3. The molecule has 0 unspecified atom stereocenters. The molecular weight excluding hydrogens is 374 g/mol. The number of hydrogen-bond acceptors (Lipinski definition) is 4. The number of benzene rings is 2. The first-order valence-electron chi connectivity index (χ1n) is 10.5. The van der Waals surface area contributed by atoms with E-state index >= 15 is 0 Å². The van der Waals surface area contributed by atoms with Crippen LogP contribution in [0.4, 0.5) is 0 Å². The van der Waals surface area contributed by atoms with E-state index in [-0.39, 0.29) is 5.91 Å². The maximum atomic E-state index is 13.1. The minimum atomic E-state index is -0.0754. The SMILES string of the molecule is CCCCCN1C=CC=C(NC(=O)c2ccc(Cn3ccnn3)c3ccccc23)C1. The van der Waals surface area contributed by atoms with Gasteiger partial charge >= 0.3 is 0 Å². The zero-order chi connectivity index (χ0) is 20.8. The van der Waals surface area contributed by atoms with E-state index < -0.39 is 0 Å². The molecule has 6 heteroatoms. The molecule has 4 rings (SSSR count). The molecular formula is C24H27N5O. The van der Waals surface area contributed by atoms with Crippen molar-refractivity contribution < 1.29 is 4.79 Å². The first kappa shape index (κ1) is 19.9. The van der Waals surface area contributed by atoms with Gasteiger partial charge in [0, 0.05) is 24.0 Å². The first-order chi connectivity index (χ1) is 14.7. The number of allylic oxidation sites excluding steroid dienone is 2. The van der Waals surface area contributed by atoms with Gasteiger partial charge < -0.3 is 10.2 Å². The normalized spacial score (nSPS) is 13.5. The maximum absolute atomic E-state index is 13.1. The predicted molar refractivity (Wildman–Crippen MR) is 119 cm³/mol. The van der Waals surface area contributed by atoms with Gasteiger partial charge in [-0.15, -0.1) is 5.10 Å². The van der Waals surface area contributed by atoms with E-state index in [1.165, 1.54) is 19.3 Å². The van der Waals surface area contributed by atoms with Crippen LogP contribution in [0.2, 0.25) is 0 Å². The Labute approximate surface area is 176 Å². The van der Waals surface area contributed by atoms with Crippen LogP contribution in [-0.2, 0) is 6.54 Å². The lowest BCUT2D eigenvalue weighted by Gasteiger charge is -2.25. The van der Waals surface area contributed by atoms with Crippen LogP contribution in [0.3, 0.4) is 0 Å². The van der Waals surface area contributed by atoms with Gasteiger partial charge in [-0.1, -0.05) is 55.3 Å². The Kier molecular flexibility index (Phi) is 6.23. The van der Waals surface area contributed by atoms with Gasteiger partial charge in [-0.3, -0.25) is 4.79 Å². The van der Waals surface area contributed by atoms with Gasteiger partial charge in [-0.2, -0.15) is 0 Å². The number of unbranched alkanes of at least 4 members (excludes halogenated alkanes) is 2. The second kappa shape index (κ2) is 9.39. The summed E-state index contributed by atoms with van der Waals surface area (Å²) in [4.78, 5) is 15.4. The third-order valence-corrected chi connectivity index (χ3v) is 5.35. The van der Waals surface area contributed by atoms with E-state index in [2.05, 4.69) is 39.7 Å². The molecule has 0 atom stereocenters. The van der Waals surface area contributed by atoms with Crippen molar-refractivity contribution in [3.05, 3.63) is 84.0 Å². The number of rotatable bonds is 8. The lowest BCUT2D eigenvalue weighted by atomic mass is 9.99. The van der Waals surface area contributed by atoms with Crippen LogP contribution in [0.25, 0.3) is 10.8 Å². The van der Waals surface area contributed by atoms with E-state index in [0.717, 1.165) is 35.1 Å². The summed E-state index contributed by atoms with van der Waals surface area (Å²) in [5.74, 6) is -0.0754. The van der Waals surface area contributed by atoms with E-state index in [1.807, 2.05) is 48.7 Å². The molecule has 2 heterocycles. The van der Waals surface area contributed by atoms with Crippen molar-refractivity contribution in [1.82, 2.24) is 25.2 Å². The monoisotopic (exact) mass is 401 g/mol. The molecule has 0 fully saturated rings. The van der Waals surface area contributed by atoms with Crippen molar-refractivity contribution in [2.75, 3.05) is 13.1 Å². The molecule has 30 heavy (non-hydrogen) atoms. The highest BCUT2D eigenvalue weighted by Crippen LogP contribution is 2.24. The molecule has 0 saturated carbocycles. The van der Waals surface area contributed by atoms with Gasteiger partial charge in [-0.25, -0.2) is 4.68 Å². The molecule has 3 aromatic rings. The lowest BCUT2D eigenvalue weighted by molar-refractivity contribution is 0.0964. The molecule has 1 amide bonds. The summed E-state index contributed by atoms with van der Waals surface area (Å²) in [6.07, 6.45) is 13.2. The topological polar surface area (TPSA) is 63.1 Å². The van der Waals surface area contributed by atoms with Crippen LogP contribution >= 0.6 is 0 Å². The van der Waals surface area contributed by atoms with E-state index in [4.69, 9.17) is 0 Å². The highest BCUT2D eigenvalue weighted by atomic mass is 16.1. The van der Waals surface area contributed by atoms with Crippen molar-refractivity contribution in [3.63, 3.8) is 0 Å². The summed E-state index contributed by atoms with van der Waals surface area (Å²) < 4.78 is 1.79. The average molecular weight is 402 g/mol. The van der Waals surface area contributed by atoms with Gasteiger partial charge in [-0.05, 0) is 47.2 Å². The van der Waals surface area contributed by atoms with Crippen molar-refractivity contribution >= 4 is 16.7 Å². The minimum absolute atomic E-state index is 0.0754. The van der Waals surface area contributed by atoms with Gasteiger partial charge in [0.25, 0.3) is 5.91 Å². The number of nitrogens with one attached hydrogen (secondary N) is 1. The number of carbonyl (C=O) groups is 1. The van der Waals surface area contributed by atoms with E-state index in [1.54, 1.807) is 10.9 Å². The third kappa shape index (κ3) is 4.59. The molecule has 0 saturated heterocycles. The fourth-order valence-electron chi connectivity index (χ4n) is 3.81. The summed E-state index contributed by atoms with van der Waals surface area (Å²) >= 11 is 0. The Morgan fingerprint density at radius 2 is 2.00 bits per heavy atom. The largest absolute Gasteiger partial charge is 0.372 e. The summed E-state index contributed by atoms with van der Waals surface area (Å²) in [5.41, 5.74) is 2.71. The molecule has 2 aromatic carbocycles. The van der Waals surface area contributed by atoms with Gasteiger partial charge in [0.05, 0.1) is 19.3 Å². The predicted octanol–water partition coefficient (Wildman–Crippen LogP) is 4.11. The molecule has 1 aliphatic rings. The van der Waals surface area contributed by atoms with Gasteiger partial charge in [0.2, 0.25) is 0 Å². The number of aromatic nitrogens is 3. The first-order valence-corrected chi connectivity index (χ1v) is 10.5. The van der Waals surface area contributed by atoms with E-state index in [9.17, 15) is 4.79 Å². The number of nitrogens with zero attached hydrogens (tertiary/aromatic N) is 4. The van der Waals surface area contributed by atoms with Gasteiger partial charge in [0.1, 0.15) is 0 Å². The minimum Gasteiger partial charge on any atom is -0.372 e. The Bertz CT molecular complexity index is 1070. The second-order valence-electron chi connectivity index (χ2n) is 7.58. The molecule has 1 N–H and O–H groups in total. The molecule has 1 aliphatic heterocycles. The number of hydrogen-bond donors (Lipinski definition) is 1. The van der Waals surface area contributed by atoms with E-state index in [0.29, 0.717) is 12.1 Å². The lowest BCUT2D eigenvalue weighted by Crippen LogP contribution is -2.32. The standard InChI is InChI=1S/C24H27N5O/c1-2-3-6-14-28-15-7-8-20(18-28)26-24(30)23-12-11-19(17-29-16-13-25-27-29)21-9-4-5-10-22(21)23/h4-5,7-13,15-16H,2-3,6,14,17-18H2,1H3,(H,26,30). The quantitative estimate of drug-likeness (QED) is 0.577. The number of fused-ring (bicyclic) bond motifs is 1. The molecule has 154 valence electrons. The summed E-state index contributed by atoms with van der Waals surface area (Å²) in [6, 6.07) is 11.9. The van der Waals surface area contributed by atoms with Crippen molar-refractivity contribution in [1.29, 1.82) is 0 Å². The second-order valence-corrected chi connectivity index (χ2v) is 7.58. The Morgan fingerprint density at radius 1 is 1.13 bits per heavy atom. The highest BCUT2D eigenvalue weighted by molar-refractivity contribution is 6.08.